The molecule has 0 aromatic carbocycles. The molecule has 3 heteroatoms. The number of aliphatic hydroxyl groups is 1. The summed E-state index contributed by atoms with van der Waals surface area (Å²) in [6.07, 6.45) is 13.0. The van der Waals surface area contributed by atoms with Crippen LogP contribution in [0, 0.1) is 46.3 Å². The van der Waals surface area contributed by atoms with Gasteiger partial charge >= 0.3 is 0 Å². The van der Waals surface area contributed by atoms with Crippen LogP contribution in [0.1, 0.15) is 91.4 Å². The average Bonchev–Trinajstić information content (AvgIpc) is 2.97. The fourth-order valence-corrected chi connectivity index (χ4v) is 8.78. The number of primary amides is 1. The number of nitrogens with two attached hydrogens (primary N) is 1. The molecule has 27 heavy (non-hydrogen) atoms. The number of rotatable bonds is 4. The van der Waals surface area contributed by atoms with Crippen molar-refractivity contribution < 1.29 is 9.90 Å². The standard InChI is InChI=1S/C24H41NO2/c1-15(4-9-22(25)27)19-7-8-20-18-6-5-16-14-17(26)10-12-23(16,2)21(18)11-13-24(19,20)3/h15-21,26H,4-14H2,1-3H3,(H2,25,27). The molecule has 0 aromatic rings. The zero-order chi connectivity index (χ0) is 19.4. The van der Waals surface area contributed by atoms with Gasteiger partial charge < -0.3 is 10.8 Å². The van der Waals surface area contributed by atoms with E-state index in [-0.39, 0.29) is 12.0 Å². The molecule has 0 radical (unpaired) electrons. The SMILES string of the molecule is CC(CCC(N)=O)C1CCC2C3CCC4CC(O)CCC4(C)C3CCC12C. The lowest BCUT2D eigenvalue weighted by Crippen LogP contribution is -2.54. The molecule has 4 aliphatic rings. The summed E-state index contributed by atoms with van der Waals surface area (Å²) >= 11 is 0. The first-order valence-electron chi connectivity index (χ1n) is 11.7. The Bertz CT molecular complexity index is 577. The molecule has 3 N–H and O–H groups in total. The number of hydrogen-bond donors (Lipinski definition) is 2. The molecular formula is C24H41NO2. The second-order valence-corrected chi connectivity index (χ2v) is 11.3. The molecule has 0 bridgehead atoms. The van der Waals surface area contributed by atoms with E-state index in [4.69, 9.17) is 5.73 Å². The van der Waals surface area contributed by atoms with Gasteiger partial charge in [0.25, 0.3) is 0 Å². The molecule has 4 aliphatic carbocycles. The fourth-order valence-electron chi connectivity index (χ4n) is 8.78. The summed E-state index contributed by atoms with van der Waals surface area (Å²) in [5, 5.41) is 10.2. The molecule has 4 saturated carbocycles. The van der Waals surface area contributed by atoms with E-state index in [9.17, 15) is 9.90 Å². The van der Waals surface area contributed by atoms with Crippen LogP contribution in [0.4, 0.5) is 0 Å². The van der Waals surface area contributed by atoms with Crippen molar-refractivity contribution in [2.75, 3.05) is 0 Å². The molecular weight excluding hydrogens is 334 g/mol. The van der Waals surface area contributed by atoms with Crippen LogP contribution in [-0.2, 0) is 4.79 Å². The summed E-state index contributed by atoms with van der Waals surface area (Å²) in [4.78, 5) is 11.3. The number of carbonyl (C=O) groups is 1. The maximum Gasteiger partial charge on any atom is 0.217 e. The van der Waals surface area contributed by atoms with Crippen LogP contribution in [0.15, 0.2) is 0 Å². The van der Waals surface area contributed by atoms with Crippen LogP contribution in [0.5, 0.6) is 0 Å². The summed E-state index contributed by atoms with van der Waals surface area (Å²) in [5.74, 6) is 4.63. The maximum absolute atomic E-state index is 11.3. The van der Waals surface area contributed by atoms with E-state index in [0.717, 1.165) is 48.9 Å². The third-order valence-corrected chi connectivity index (χ3v) is 10.2. The minimum absolute atomic E-state index is 0.0459. The molecule has 3 nitrogen and oxygen atoms in total. The summed E-state index contributed by atoms with van der Waals surface area (Å²) in [6, 6.07) is 0. The number of carbonyl (C=O) groups excluding carboxylic acids is 1. The minimum Gasteiger partial charge on any atom is -0.393 e. The van der Waals surface area contributed by atoms with Gasteiger partial charge in [-0.15, -0.1) is 0 Å². The van der Waals surface area contributed by atoms with Gasteiger partial charge in [0.15, 0.2) is 0 Å². The molecule has 154 valence electrons. The first-order valence-corrected chi connectivity index (χ1v) is 11.7. The zero-order valence-corrected chi connectivity index (χ0v) is 17.8. The van der Waals surface area contributed by atoms with E-state index in [1.807, 2.05) is 0 Å². The van der Waals surface area contributed by atoms with Crippen molar-refractivity contribution in [3.63, 3.8) is 0 Å². The Morgan fingerprint density at radius 3 is 2.48 bits per heavy atom. The van der Waals surface area contributed by atoms with Gasteiger partial charge in [0, 0.05) is 6.42 Å². The van der Waals surface area contributed by atoms with Gasteiger partial charge in [0.2, 0.25) is 5.91 Å². The monoisotopic (exact) mass is 375 g/mol. The Kier molecular flexibility index (Phi) is 5.15. The first kappa shape index (κ1) is 19.7. The molecule has 4 rings (SSSR count). The Morgan fingerprint density at radius 1 is 1.04 bits per heavy atom. The highest BCUT2D eigenvalue weighted by molar-refractivity contribution is 5.73. The van der Waals surface area contributed by atoms with Crippen molar-refractivity contribution >= 4 is 5.91 Å². The lowest BCUT2D eigenvalue weighted by molar-refractivity contribution is -0.129. The highest BCUT2D eigenvalue weighted by atomic mass is 16.3. The van der Waals surface area contributed by atoms with Crippen LogP contribution in [0.3, 0.4) is 0 Å². The van der Waals surface area contributed by atoms with Crippen molar-refractivity contribution in [3.05, 3.63) is 0 Å². The summed E-state index contributed by atoms with van der Waals surface area (Å²) in [6.45, 7) is 7.53. The van der Waals surface area contributed by atoms with E-state index in [0.29, 0.717) is 23.2 Å². The van der Waals surface area contributed by atoms with Crippen LogP contribution in [0.25, 0.3) is 0 Å². The largest absolute Gasteiger partial charge is 0.393 e. The smallest absolute Gasteiger partial charge is 0.217 e. The van der Waals surface area contributed by atoms with Crippen molar-refractivity contribution in [1.29, 1.82) is 0 Å². The second-order valence-electron chi connectivity index (χ2n) is 11.3. The second kappa shape index (κ2) is 7.04. The normalized spacial score (nSPS) is 50.4. The van der Waals surface area contributed by atoms with Crippen molar-refractivity contribution in [3.8, 4) is 0 Å². The summed E-state index contributed by atoms with van der Waals surface area (Å²) in [7, 11) is 0. The minimum atomic E-state index is -0.143. The molecule has 0 aromatic heterocycles. The Hall–Kier alpha value is -0.570. The van der Waals surface area contributed by atoms with E-state index in [1.165, 1.54) is 44.9 Å². The topological polar surface area (TPSA) is 63.3 Å². The van der Waals surface area contributed by atoms with Gasteiger partial charge in [-0.2, -0.15) is 0 Å². The third kappa shape index (κ3) is 3.16. The summed E-state index contributed by atoms with van der Waals surface area (Å²) < 4.78 is 0. The van der Waals surface area contributed by atoms with Crippen LogP contribution >= 0.6 is 0 Å². The quantitative estimate of drug-likeness (QED) is 0.733. The Morgan fingerprint density at radius 2 is 1.74 bits per heavy atom. The molecule has 0 saturated heterocycles. The molecule has 4 fully saturated rings. The van der Waals surface area contributed by atoms with Crippen LogP contribution < -0.4 is 5.73 Å². The van der Waals surface area contributed by atoms with Crippen molar-refractivity contribution in [1.82, 2.24) is 0 Å². The predicted molar refractivity (Wildman–Crippen MR) is 109 cm³/mol. The van der Waals surface area contributed by atoms with E-state index < -0.39 is 0 Å². The van der Waals surface area contributed by atoms with Gasteiger partial charge in [-0.25, -0.2) is 0 Å². The molecule has 1 amide bonds. The highest BCUT2D eigenvalue weighted by Crippen LogP contribution is 2.68. The van der Waals surface area contributed by atoms with Gasteiger partial charge in [0.1, 0.15) is 0 Å². The lowest BCUT2D eigenvalue weighted by atomic mass is 9.44. The van der Waals surface area contributed by atoms with Gasteiger partial charge in [-0.05, 0) is 111 Å². The molecule has 0 spiro atoms. The van der Waals surface area contributed by atoms with Gasteiger partial charge in [0.05, 0.1) is 6.10 Å². The van der Waals surface area contributed by atoms with E-state index >= 15 is 0 Å². The molecule has 9 unspecified atom stereocenters. The average molecular weight is 376 g/mol. The van der Waals surface area contributed by atoms with Crippen molar-refractivity contribution in [2.45, 2.75) is 97.5 Å². The first-order chi connectivity index (χ1) is 12.8. The molecule has 9 atom stereocenters. The maximum atomic E-state index is 11.3. The van der Waals surface area contributed by atoms with Gasteiger partial charge in [-0.3, -0.25) is 4.79 Å². The highest BCUT2D eigenvalue weighted by Gasteiger charge is 2.60. The Balaban J connectivity index is 1.51. The fraction of sp³-hybridized carbons (Fsp3) is 0.958. The Labute approximate surface area is 165 Å². The van der Waals surface area contributed by atoms with Crippen LogP contribution in [-0.4, -0.2) is 17.1 Å². The number of aliphatic hydroxyl groups excluding tert-OH is 1. The van der Waals surface area contributed by atoms with Crippen molar-refractivity contribution in [2.24, 2.45) is 52.1 Å². The molecule has 0 aliphatic heterocycles. The number of amides is 1. The van der Waals surface area contributed by atoms with Crippen LogP contribution in [0.2, 0.25) is 0 Å². The lowest BCUT2D eigenvalue weighted by Gasteiger charge is -2.61. The predicted octanol–water partition coefficient (Wildman–Crippen LogP) is 4.91. The number of fused-ring (bicyclic) bond motifs is 5. The third-order valence-electron chi connectivity index (χ3n) is 10.2. The zero-order valence-electron chi connectivity index (χ0n) is 17.8. The molecule has 0 heterocycles. The van der Waals surface area contributed by atoms with E-state index in [1.54, 1.807) is 0 Å². The summed E-state index contributed by atoms with van der Waals surface area (Å²) in [5.41, 5.74) is 6.36. The van der Waals surface area contributed by atoms with E-state index in [2.05, 4.69) is 20.8 Å². The number of hydrogen-bond acceptors (Lipinski definition) is 2. The van der Waals surface area contributed by atoms with Gasteiger partial charge in [-0.1, -0.05) is 20.8 Å².